The number of rotatable bonds is 4. The van der Waals surface area contributed by atoms with Crippen molar-refractivity contribution in [3.63, 3.8) is 0 Å². The lowest BCUT2D eigenvalue weighted by molar-refractivity contribution is 0.354. The Morgan fingerprint density at radius 3 is 2.60 bits per heavy atom. The predicted octanol–water partition coefficient (Wildman–Crippen LogP) is 2.44. The lowest BCUT2D eigenvalue weighted by atomic mass is 10.1. The molecule has 1 aromatic carbocycles. The summed E-state index contributed by atoms with van der Waals surface area (Å²) in [5.41, 5.74) is 6.35. The Labute approximate surface area is 98.0 Å². The highest BCUT2D eigenvalue weighted by atomic mass is 79.9. The van der Waals surface area contributed by atoms with Gasteiger partial charge in [0, 0.05) is 16.6 Å². The monoisotopic (exact) mass is 271 g/mol. The first-order valence-corrected chi connectivity index (χ1v) is 5.31. The highest BCUT2D eigenvalue weighted by molar-refractivity contribution is 9.10. The molecule has 0 unspecified atom stereocenters. The molecule has 0 heterocycles. The number of benzene rings is 1. The highest BCUT2D eigenvalue weighted by Crippen LogP contribution is 2.36. The van der Waals surface area contributed by atoms with Gasteiger partial charge in [0.2, 0.25) is 0 Å². The van der Waals surface area contributed by atoms with Gasteiger partial charge in [0.05, 0.1) is 14.2 Å². The van der Waals surface area contributed by atoms with Crippen LogP contribution in [0.2, 0.25) is 0 Å². The van der Waals surface area contributed by atoms with Gasteiger partial charge in [-0.3, -0.25) is 0 Å². The lowest BCUT2D eigenvalue weighted by Crippen LogP contribution is -1.95. The molecule has 82 valence electrons. The second-order valence-corrected chi connectivity index (χ2v) is 3.69. The van der Waals surface area contributed by atoms with Crippen LogP contribution in [0.1, 0.15) is 5.56 Å². The van der Waals surface area contributed by atoms with Crippen LogP contribution in [0.4, 0.5) is 0 Å². The van der Waals surface area contributed by atoms with Crippen LogP contribution >= 0.6 is 15.9 Å². The molecule has 0 bridgehead atoms. The molecule has 15 heavy (non-hydrogen) atoms. The van der Waals surface area contributed by atoms with E-state index in [2.05, 4.69) is 15.9 Å². The summed E-state index contributed by atoms with van der Waals surface area (Å²) in [6.45, 7) is 0.493. The molecular weight excluding hydrogens is 258 g/mol. The van der Waals surface area contributed by atoms with Crippen molar-refractivity contribution in [1.82, 2.24) is 0 Å². The zero-order valence-electron chi connectivity index (χ0n) is 8.79. The number of methoxy groups -OCH3 is 2. The van der Waals surface area contributed by atoms with Gasteiger partial charge in [0.25, 0.3) is 0 Å². The predicted molar refractivity (Wildman–Crippen MR) is 65.3 cm³/mol. The van der Waals surface area contributed by atoms with Gasteiger partial charge in [-0.15, -0.1) is 0 Å². The fourth-order valence-electron chi connectivity index (χ4n) is 1.27. The fourth-order valence-corrected chi connectivity index (χ4v) is 1.71. The molecule has 0 aliphatic carbocycles. The molecule has 2 N–H and O–H groups in total. The van der Waals surface area contributed by atoms with E-state index in [1.807, 2.05) is 24.3 Å². The minimum absolute atomic E-state index is 0.493. The minimum atomic E-state index is 0.493. The molecule has 3 nitrogen and oxygen atoms in total. The number of ether oxygens (including phenoxy) is 2. The Kier molecular flexibility index (Phi) is 4.65. The van der Waals surface area contributed by atoms with Crippen molar-refractivity contribution >= 4 is 22.0 Å². The van der Waals surface area contributed by atoms with Crippen molar-refractivity contribution in [2.75, 3.05) is 20.8 Å². The molecule has 0 aliphatic rings. The number of halogens is 1. The molecule has 1 rings (SSSR count). The average Bonchev–Trinajstić information content (AvgIpc) is 2.27. The van der Waals surface area contributed by atoms with Crippen molar-refractivity contribution in [2.45, 2.75) is 0 Å². The van der Waals surface area contributed by atoms with Crippen LogP contribution in [0.5, 0.6) is 11.5 Å². The molecule has 0 atom stereocenters. The molecule has 0 spiro atoms. The summed E-state index contributed by atoms with van der Waals surface area (Å²) in [6.07, 6.45) is 3.77. The van der Waals surface area contributed by atoms with E-state index in [4.69, 9.17) is 15.2 Å². The summed E-state index contributed by atoms with van der Waals surface area (Å²) in [5, 5.41) is 0. The first-order valence-electron chi connectivity index (χ1n) is 4.51. The van der Waals surface area contributed by atoms with Crippen LogP contribution in [0.15, 0.2) is 22.7 Å². The van der Waals surface area contributed by atoms with Crippen molar-refractivity contribution in [1.29, 1.82) is 0 Å². The van der Waals surface area contributed by atoms with Crippen LogP contribution in [0.3, 0.4) is 0 Å². The van der Waals surface area contributed by atoms with Gasteiger partial charge in [-0.25, -0.2) is 0 Å². The van der Waals surface area contributed by atoms with Crippen LogP contribution in [0.25, 0.3) is 6.08 Å². The summed E-state index contributed by atoms with van der Waals surface area (Å²) >= 11 is 3.45. The molecule has 4 heteroatoms. The second kappa shape index (κ2) is 5.78. The maximum absolute atomic E-state index is 5.41. The van der Waals surface area contributed by atoms with E-state index in [0.29, 0.717) is 18.0 Å². The number of hydrogen-bond acceptors (Lipinski definition) is 3. The maximum atomic E-state index is 5.41. The average molecular weight is 272 g/mol. The topological polar surface area (TPSA) is 44.5 Å². The molecule has 0 amide bonds. The largest absolute Gasteiger partial charge is 0.493 e. The first kappa shape index (κ1) is 12.1. The highest BCUT2D eigenvalue weighted by Gasteiger charge is 2.10. The SMILES string of the molecule is COc1ccc(Br)c(/C=C/CN)c1OC. The normalized spacial score (nSPS) is 10.7. The Bertz CT molecular complexity index is 364. The first-order chi connectivity index (χ1) is 7.24. The summed E-state index contributed by atoms with van der Waals surface area (Å²) in [6, 6.07) is 3.76. The Balaban J connectivity index is 3.25. The molecule has 0 saturated heterocycles. The molecule has 0 aromatic heterocycles. The van der Waals surface area contributed by atoms with E-state index >= 15 is 0 Å². The van der Waals surface area contributed by atoms with Gasteiger partial charge in [-0.2, -0.15) is 0 Å². The van der Waals surface area contributed by atoms with E-state index in [-0.39, 0.29) is 0 Å². The Morgan fingerprint density at radius 2 is 2.07 bits per heavy atom. The molecule has 0 aliphatic heterocycles. The third kappa shape index (κ3) is 2.73. The van der Waals surface area contributed by atoms with Crippen molar-refractivity contribution in [2.24, 2.45) is 5.73 Å². The van der Waals surface area contributed by atoms with E-state index in [1.165, 1.54) is 0 Å². The Morgan fingerprint density at radius 1 is 1.33 bits per heavy atom. The van der Waals surface area contributed by atoms with Gasteiger partial charge in [0.1, 0.15) is 0 Å². The maximum Gasteiger partial charge on any atom is 0.169 e. The fraction of sp³-hybridized carbons (Fsp3) is 0.273. The van der Waals surface area contributed by atoms with E-state index in [1.54, 1.807) is 14.2 Å². The van der Waals surface area contributed by atoms with Crippen LogP contribution in [0, 0.1) is 0 Å². The quantitative estimate of drug-likeness (QED) is 0.915. The minimum Gasteiger partial charge on any atom is -0.493 e. The standard InChI is InChI=1S/C11H14BrNO2/c1-14-10-6-5-9(12)8(4-3-7-13)11(10)15-2/h3-6H,7,13H2,1-2H3/b4-3+. The summed E-state index contributed by atoms with van der Waals surface area (Å²) in [5.74, 6) is 1.41. The zero-order valence-corrected chi connectivity index (χ0v) is 10.4. The number of hydrogen-bond donors (Lipinski definition) is 1. The molecule has 0 saturated carbocycles. The van der Waals surface area contributed by atoms with Gasteiger partial charge >= 0.3 is 0 Å². The van der Waals surface area contributed by atoms with Gasteiger partial charge in [-0.1, -0.05) is 28.1 Å². The lowest BCUT2D eigenvalue weighted by Gasteiger charge is -2.11. The van der Waals surface area contributed by atoms with E-state index in [0.717, 1.165) is 10.0 Å². The molecule has 0 radical (unpaired) electrons. The van der Waals surface area contributed by atoms with Gasteiger partial charge < -0.3 is 15.2 Å². The smallest absolute Gasteiger partial charge is 0.169 e. The van der Waals surface area contributed by atoms with E-state index < -0.39 is 0 Å². The van der Waals surface area contributed by atoms with Crippen molar-refractivity contribution in [3.8, 4) is 11.5 Å². The number of nitrogens with two attached hydrogens (primary N) is 1. The van der Waals surface area contributed by atoms with Crippen LogP contribution < -0.4 is 15.2 Å². The van der Waals surface area contributed by atoms with Crippen LogP contribution in [-0.2, 0) is 0 Å². The second-order valence-electron chi connectivity index (χ2n) is 2.83. The summed E-state index contributed by atoms with van der Waals surface area (Å²) in [4.78, 5) is 0. The van der Waals surface area contributed by atoms with Crippen LogP contribution in [-0.4, -0.2) is 20.8 Å². The molecule has 0 fully saturated rings. The Hall–Kier alpha value is -1.00. The van der Waals surface area contributed by atoms with Crippen molar-refractivity contribution in [3.05, 3.63) is 28.2 Å². The summed E-state index contributed by atoms with van der Waals surface area (Å²) in [7, 11) is 3.23. The van der Waals surface area contributed by atoms with Gasteiger partial charge in [0.15, 0.2) is 11.5 Å². The van der Waals surface area contributed by atoms with Gasteiger partial charge in [-0.05, 0) is 12.1 Å². The van der Waals surface area contributed by atoms with E-state index in [9.17, 15) is 0 Å². The summed E-state index contributed by atoms with van der Waals surface area (Å²) < 4.78 is 11.4. The third-order valence-electron chi connectivity index (χ3n) is 1.95. The zero-order chi connectivity index (χ0) is 11.3. The third-order valence-corrected chi connectivity index (χ3v) is 2.64. The van der Waals surface area contributed by atoms with Crippen molar-refractivity contribution < 1.29 is 9.47 Å². The molecule has 1 aromatic rings. The molecular formula is C11H14BrNO2.